The Labute approximate surface area is 90.0 Å². The first-order chi connectivity index (χ1) is 6.40. The van der Waals surface area contributed by atoms with Gasteiger partial charge in [-0.1, -0.05) is 12.2 Å². The van der Waals surface area contributed by atoms with E-state index in [9.17, 15) is 4.55 Å². The van der Waals surface area contributed by atoms with Crippen LogP contribution in [-0.4, -0.2) is 23.0 Å². The molecule has 0 aromatic rings. The molecular formula is C10H21NO2S. The summed E-state index contributed by atoms with van der Waals surface area (Å²) in [7, 11) is 1.68. The van der Waals surface area contributed by atoms with E-state index < -0.39 is 11.4 Å². The first kappa shape index (κ1) is 14.0. The van der Waals surface area contributed by atoms with Gasteiger partial charge in [0.05, 0.1) is 0 Å². The Bertz CT molecular complexity index is 181. The van der Waals surface area contributed by atoms with Gasteiger partial charge in [0.25, 0.3) is 0 Å². The molecular weight excluding hydrogens is 198 g/mol. The number of ether oxygens (including phenoxy) is 1. The summed E-state index contributed by atoms with van der Waals surface area (Å²) >= 11 is -1.30. The molecule has 0 aromatic heterocycles. The molecule has 0 aliphatic carbocycles. The Morgan fingerprint density at radius 3 is 2.57 bits per heavy atom. The highest BCUT2D eigenvalue weighted by atomic mass is 32.2. The number of hydrogen-bond acceptors (Lipinski definition) is 3. The van der Waals surface area contributed by atoms with Gasteiger partial charge in [-0.25, -0.2) is 0 Å². The van der Waals surface area contributed by atoms with E-state index in [0.717, 1.165) is 25.0 Å². The summed E-state index contributed by atoms with van der Waals surface area (Å²) in [6, 6.07) is 0. The lowest BCUT2D eigenvalue weighted by Gasteiger charge is -2.25. The average molecular weight is 219 g/mol. The van der Waals surface area contributed by atoms with Gasteiger partial charge in [0.15, 0.2) is 0 Å². The van der Waals surface area contributed by atoms with Crippen LogP contribution in [0.4, 0.5) is 0 Å². The maximum absolute atomic E-state index is 11.2. The fourth-order valence-electron chi connectivity index (χ4n) is 1.23. The van der Waals surface area contributed by atoms with Crippen molar-refractivity contribution in [1.82, 2.24) is 0 Å². The average Bonchev–Trinajstić information content (AvgIpc) is 2.03. The predicted octanol–water partition coefficient (Wildman–Crippen LogP) is 1.76. The van der Waals surface area contributed by atoms with E-state index in [1.54, 1.807) is 7.11 Å². The van der Waals surface area contributed by atoms with Crippen LogP contribution < -0.4 is 5.14 Å². The van der Waals surface area contributed by atoms with Gasteiger partial charge in [0.2, 0.25) is 0 Å². The van der Waals surface area contributed by atoms with Crippen molar-refractivity contribution >= 4 is 11.4 Å². The second-order valence-corrected chi connectivity index (χ2v) is 5.78. The second kappa shape index (κ2) is 6.45. The van der Waals surface area contributed by atoms with Gasteiger partial charge in [-0.3, -0.25) is 0 Å². The van der Waals surface area contributed by atoms with E-state index >= 15 is 0 Å². The fourth-order valence-corrected chi connectivity index (χ4v) is 1.57. The van der Waals surface area contributed by atoms with Crippen molar-refractivity contribution < 1.29 is 9.29 Å². The molecule has 0 saturated carbocycles. The third-order valence-corrected chi connectivity index (χ3v) is 3.33. The first-order valence-corrected chi connectivity index (χ1v) is 5.93. The van der Waals surface area contributed by atoms with Gasteiger partial charge in [0, 0.05) is 31.5 Å². The van der Waals surface area contributed by atoms with E-state index in [1.165, 1.54) is 0 Å². The highest BCUT2D eigenvalue weighted by Gasteiger charge is 2.30. The lowest BCUT2D eigenvalue weighted by atomic mass is 10.00. The van der Waals surface area contributed by atoms with Gasteiger partial charge in [-0.05, 0) is 26.7 Å². The second-order valence-electron chi connectivity index (χ2n) is 4.08. The Morgan fingerprint density at radius 1 is 1.57 bits per heavy atom. The van der Waals surface area contributed by atoms with Crippen molar-refractivity contribution in [2.24, 2.45) is 5.14 Å². The zero-order valence-corrected chi connectivity index (χ0v) is 10.2. The monoisotopic (exact) mass is 219 g/mol. The zero-order valence-electron chi connectivity index (χ0n) is 9.34. The largest absolute Gasteiger partial charge is 0.598 e. The van der Waals surface area contributed by atoms with Crippen LogP contribution in [0.25, 0.3) is 0 Å². The standard InChI is InChI=1S/C10H21NO2S/c1-9(6-5-7-13-4)8-10(2,3)14(11)12/h1,5-8,11H2,2-4H3/t14-/m1/s1. The molecule has 0 radical (unpaired) electrons. The summed E-state index contributed by atoms with van der Waals surface area (Å²) in [5.41, 5.74) is 1.09. The Balaban J connectivity index is 3.82. The minimum atomic E-state index is -1.30. The van der Waals surface area contributed by atoms with Crippen LogP contribution in [-0.2, 0) is 16.1 Å². The Hall–Kier alpha value is -0.0300. The molecule has 3 nitrogen and oxygen atoms in total. The highest BCUT2D eigenvalue weighted by molar-refractivity contribution is 7.90. The lowest BCUT2D eigenvalue weighted by molar-refractivity contribution is 0.195. The van der Waals surface area contributed by atoms with Crippen LogP contribution in [0.5, 0.6) is 0 Å². The van der Waals surface area contributed by atoms with E-state index in [2.05, 4.69) is 6.58 Å². The molecule has 0 spiro atoms. The molecule has 0 unspecified atom stereocenters. The molecule has 0 amide bonds. The van der Waals surface area contributed by atoms with Crippen molar-refractivity contribution in [3.63, 3.8) is 0 Å². The van der Waals surface area contributed by atoms with Gasteiger partial charge in [-0.15, -0.1) is 0 Å². The van der Waals surface area contributed by atoms with Gasteiger partial charge in [-0.2, -0.15) is 5.14 Å². The molecule has 0 heterocycles. The summed E-state index contributed by atoms with van der Waals surface area (Å²) in [6.45, 7) is 8.48. The number of methoxy groups -OCH3 is 1. The summed E-state index contributed by atoms with van der Waals surface area (Å²) in [6.07, 6.45) is 2.58. The van der Waals surface area contributed by atoms with Crippen molar-refractivity contribution in [1.29, 1.82) is 0 Å². The van der Waals surface area contributed by atoms with Crippen LogP contribution in [0.15, 0.2) is 12.2 Å². The molecule has 0 fully saturated rings. The molecule has 0 rings (SSSR count). The molecule has 0 aromatic carbocycles. The maximum atomic E-state index is 11.2. The van der Waals surface area contributed by atoms with Crippen molar-refractivity contribution in [2.75, 3.05) is 13.7 Å². The molecule has 84 valence electrons. The third kappa shape index (κ3) is 5.65. The number of nitrogens with two attached hydrogens (primary N) is 1. The SMILES string of the molecule is C=C(CCCOC)CC(C)(C)[S@+](N)[O-]. The number of allylic oxidation sites excluding steroid dienone is 1. The number of rotatable bonds is 7. The van der Waals surface area contributed by atoms with Crippen LogP contribution in [0.2, 0.25) is 0 Å². The first-order valence-electron chi connectivity index (χ1n) is 4.72. The fraction of sp³-hybridized carbons (Fsp3) is 0.800. The van der Waals surface area contributed by atoms with Crippen LogP contribution in [0, 0.1) is 0 Å². The smallest absolute Gasteiger partial charge is 0.143 e. The molecule has 1 atom stereocenters. The third-order valence-electron chi connectivity index (χ3n) is 2.10. The minimum Gasteiger partial charge on any atom is -0.598 e. The zero-order chi connectivity index (χ0) is 11.2. The van der Waals surface area contributed by atoms with Gasteiger partial charge >= 0.3 is 0 Å². The van der Waals surface area contributed by atoms with Gasteiger partial charge in [0.1, 0.15) is 4.75 Å². The van der Waals surface area contributed by atoms with Crippen molar-refractivity contribution in [3.8, 4) is 0 Å². The molecule has 2 N–H and O–H groups in total. The highest BCUT2D eigenvalue weighted by Crippen LogP contribution is 2.24. The summed E-state index contributed by atoms with van der Waals surface area (Å²) < 4.78 is 15.7. The Morgan fingerprint density at radius 2 is 2.14 bits per heavy atom. The number of hydrogen-bond donors (Lipinski definition) is 1. The van der Waals surface area contributed by atoms with Crippen molar-refractivity contribution in [3.05, 3.63) is 12.2 Å². The normalized spacial score (nSPS) is 14.1. The molecule has 0 aliphatic heterocycles. The molecule has 0 bridgehead atoms. The van der Waals surface area contributed by atoms with E-state index in [4.69, 9.17) is 9.88 Å². The molecule has 0 aliphatic rings. The topological polar surface area (TPSA) is 58.3 Å². The summed E-state index contributed by atoms with van der Waals surface area (Å²) in [5.74, 6) is 0. The van der Waals surface area contributed by atoms with Gasteiger partial charge < -0.3 is 9.29 Å². The van der Waals surface area contributed by atoms with Crippen LogP contribution in [0.1, 0.15) is 33.1 Å². The summed E-state index contributed by atoms with van der Waals surface area (Å²) in [4.78, 5) is 0. The molecule has 4 heteroatoms. The summed E-state index contributed by atoms with van der Waals surface area (Å²) in [5, 5.41) is 5.38. The lowest BCUT2D eigenvalue weighted by Crippen LogP contribution is -2.38. The van der Waals surface area contributed by atoms with E-state index in [-0.39, 0.29) is 4.75 Å². The molecule has 0 saturated heterocycles. The van der Waals surface area contributed by atoms with Crippen molar-refractivity contribution in [2.45, 2.75) is 37.9 Å². The minimum absolute atomic E-state index is 0.371. The quantitative estimate of drug-likeness (QED) is 0.403. The Kier molecular flexibility index (Phi) is 6.44. The van der Waals surface area contributed by atoms with Crippen LogP contribution in [0.3, 0.4) is 0 Å². The van der Waals surface area contributed by atoms with E-state index in [1.807, 2.05) is 13.8 Å². The predicted molar refractivity (Wildman–Crippen MR) is 61.3 cm³/mol. The molecule has 14 heavy (non-hydrogen) atoms. The van der Waals surface area contributed by atoms with E-state index in [0.29, 0.717) is 6.42 Å². The maximum Gasteiger partial charge on any atom is 0.143 e. The van der Waals surface area contributed by atoms with Crippen LogP contribution >= 0.6 is 0 Å².